The Morgan fingerprint density at radius 1 is 1.03 bits per heavy atom. The molecule has 36 heavy (non-hydrogen) atoms. The summed E-state index contributed by atoms with van der Waals surface area (Å²) in [6, 6.07) is 10.7. The highest BCUT2D eigenvalue weighted by atomic mass is 32.2. The van der Waals surface area contributed by atoms with Crippen molar-refractivity contribution in [3.8, 4) is 5.75 Å². The molecule has 0 aromatic heterocycles. The Balaban J connectivity index is 1.36. The molecule has 1 heterocycles. The van der Waals surface area contributed by atoms with Crippen LogP contribution in [-0.4, -0.2) is 62.0 Å². The van der Waals surface area contributed by atoms with Crippen molar-refractivity contribution in [2.45, 2.75) is 62.9 Å². The normalized spacial score (nSPS) is 23.4. The summed E-state index contributed by atoms with van der Waals surface area (Å²) in [4.78, 5) is 13.9. The molecule has 0 bridgehead atoms. The van der Waals surface area contributed by atoms with Gasteiger partial charge < -0.3 is 14.4 Å². The number of carbonyl (C=O) groups excluding carboxylic acids is 1. The van der Waals surface area contributed by atoms with Crippen molar-refractivity contribution in [3.63, 3.8) is 0 Å². The minimum Gasteiger partial charge on any atom is -0.406 e. The van der Waals surface area contributed by atoms with Crippen LogP contribution >= 0.6 is 0 Å². The van der Waals surface area contributed by atoms with E-state index in [0.717, 1.165) is 35.9 Å². The van der Waals surface area contributed by atoms with Crippen molar-refractivity contribution >= 4 is 16.3 Å². The molecule has 2 aromatic rings. The first kappa shape index (κ1) is 26.6. The molecule has 2 aromatic carbocycles. The number of fused-ring (bicyclic) bond motifs is 1. The molecule has 6 nitrogen and oxygen atoms in total. The van der Waals surface area contributed by atoms with Gasteiger partial charge in [0.25, 0.3) is 0 Å². The Morgan fingerprint density at radius 3 is 2.31 bits per heavy atom. The van der Waals surface area contributed by atoms with Gasteiger partial charge in [-0.05, 0) is 81.0 Å². The standard InChI is InChI=1S/C26H31F3N2O4S/c1-18-15-30(12-4-5-20-8-10-23(11-9-20)35-26(27,28)29)16-19(2)31(18)36(33,34)25-7-3-6-22-13-21(17-32)14-24(22)25/h3,6-11,17-19,21H,4-5,12-16H2,1-2H3. The number of rotatable bonds is 8. The van der Waals surface area contributed by atoms with Crippen LogP contribution in [0.4, 0.5) is 13.2 Å². The van der Waals surface area contributed by atoms with Gasteiger partial charge >= 0.3 is 6.36 Å². The van der Waals surface area contributed by atoms with Crippen LogP contribution in [0.25, 0.3) is 0 Å². The first-order valence-corrected chi connectivity index (χ1v) is 13.6. The number of hydrogen-bond donors (Lipinski definition) is 0. The van der Waals surface area contributed by atoms with E-state index in [2.05, 4.69) is 9.64 Å². The SMILES string of the molecule is CC1CN(CCCc2ccc(OC(F)(F)F)cc2)CC(C)N1S(=O)(=O)c1cccc2c1CC(C=O)C2. The van der Waals surface area contributed by atoms with E-state index in [4.69, 9.17) is 0 Å². The first-order valence-electron chi connectivity index (χ1n) is 12.1. The Labute approximate surface area is 210 Å². The molecule has 3 atom stereocenters. The van der Waals surface area contributed by atoms with Crippen molar-refractivity contribution in [3.05, 3.63) is 59.2 Å². The van der Waals surface area contributed by atoms with Crippen molar-refractivity contribution < 1.29 is 31.1 Å². The monoisotopic (exact) mass is 524 g/mol. The van der Waals surface area contributed by atoms with E-state index in [-0.39, 0.29) is 23.8 Å². The Kier molecular flexibility index (Phi) is 7.78. The predicted molar refractivity (Wildman–Crippen MR) is 129 cm³/mol. The summed E-state index contributed by atoms with van der Waals surface area (Å²) >= 11 is 0. The molecule has 2 aliphatic rings. The summed E-state index contributed by atoms with van der Waals surface area (Å²) in [5, 5.41) is 0. The summed E-state index contributed by atoms with van der Waals surface area (Å²) in [5.74, 6) is -0.409. The summed E-state index contributed by atoms with van der Waals surface area (Å²) in [6.45, 7) is 5.76. The Morgan fingerprint density at radius 2 is 1.69 bits per heavy atom. The molecule has 1 aliphatic carbocycles. The predicted octanol–water partition coefficient (Wildman–Crippen LogP) is 4.22. The maximum Gasteiger partial charge on any atom is 0.573 e. The fraction of sp³-hybridized carbons (Fsp3) is 0.500. The molecule has 0 spiro atoms. The third kappa shape index (κ3) is 5.92. The van der Waals surface area contributed by atoms with Crippen molar-refractivity contribution in [1.29, 1.82) is 0 Å². The molecule has 3 unspecified atom stereocenters. The number of halogens is 3. The lowest BCUT2D eigenvalue weighted by atomic mass is 10.1. The number of aryl methyl sites for hydroxylation is 1. The molecular formula is C26H31F3N2O4S. The third-order valence-corrected chi connectivity index (χ3v) is 9.15. The number of ether oxygens (including phenoxy) is 1. The van der Waals surface area contributed by atoms with Gasteiger partial charge in [0.1, 0.15) is 12.0 Å². The van der Waals surface area contributed by atoms with Crippen molar-refractivity contribution in [2.24, 2.45) is 5.92 Å². The molecule has 10 heteroatoms. The maximum atomic E-state index is 13.7. The topological polar surface area (TPSA) is 66.9 Å². The molecule has 0 radical (unpaired) electrons. The summed E-state index contributed by atoms with van der Waals surface area (Å²) < 4.78 is 69.9. The van der Waals surface area contributed by atoms with Gasteiger partial charge in [-0.2, -0.15) is 4.31 Å². The van der Waals surface area contributed by atoms with E-state index in [0.29, 0.717) is 37.2 Å². The van der Waals surface area contributed by atoms with Crippen LogP contribution in [-0.2, 0) is 34.1 Å². The maximum absolute atomic E-state index is 13.7. The van der Waals surface area contributed by atoms with Crippen LogP contribution in [0.1, 0.15) is 37.0 Å². The lowest BCUT2D eigenvalue weighted by Gasteiger charge is -2.43. The van der Waals surface area contributed by atoms with Crippen LogP contribution in [0, 0.1) is 5.92 Å². The average molecular weight is 525 g/mol. The third-order valence-electron chi connectivity index (χ3n) is 6.94. The van der Waals surface area contributed by atoms with Gasteiger partial charge in [0.15, 0.2) is 0 Å². The number of sulfonamides is 1. The molecule has 0 saturated carbocycles. The molecular weight excluding hydrogens is 493 g/mol. The highest BCUT2D eigenvalue weighted by molar-refractivity contribution is 7.89. The first-order chi connectivity index (χ1) is 17.0. The summed E-state index contributed by atoms with van der Waals surface area (Å²) in [7, 11) is -3.72. The van der Waals surface area contributed by atoms with Gasteiger partial charge in [-0.1, -0.05) is 24.3 Å². The highest BCUT2D eigenvalue weighted by Gasteiger charge is 2.40. The number of nitrogens with zero attached hydrogens (tertiary/aromatic N) is 2. The van der Waals surface area contributed by atoms with Crippen LogP contribution in [0.5, 0.6) is 5.75 Å². The zero-order chi connectivity index (χ0) is 26.1. The Hall–Kier alpha value is -2.43. The number of piperazine rings is 1. The molecule has 4 rings (SSSR count). The minimum absolute atomic E-state index is 0.170. The fourth-order valence-electron chi connectivity index (χ4n) is 5.54. The van der Waals surface area contributed by atoms with Crippen LogP contribution in [0.3, 0.4) is 0 Å². The van der Waals surface area contributed by atoms with Gasteiger partial charge in [0.05, 0.1) is 4.90 Å². The molecule has 0 N–H and O–H groups in total. The van der Waals surface area contributed by atoms with Gasteiger partial charge in [-0.25, -0.2) is 8.42 Å². The van der Waals surface area contributed by atoms with E-state index in [1.165, 1.54) is 12.1 Å². The van der Waals surface area contributed by atoms with Gasteiger partial charge in [0, 0.05) is 31.1 Å². The number of hydrogen-bond acceptors (Lipinski definition) is 5. The van der Waals surface area contributed by atoms with Crippen LogP contribution in [0.15, 0.2) is 47.4 Å². The van der Waals surface area contributed by atoms with Crippen molar-refractivity contribution in [1.82, 2.24) is 9.21 Å². The van der Waals surface area contributed by atoms with Crippen molar-refractivity contribution in [2.75, 3.05) is 19.6 Å². The molecule has 1 saturated heterocycles. The van der Waals surface area contributed by atoms with Gasteiger partial charge in [-0.3, -0.25) is 0 Å². The van der Waals surface area contributed by atoms with Gasteiger partial charge in [-0.15, -0.1) is 13.2 Å². The average Bonchev–Trinajstić information content (AvgIpc) is 3.22. The molecule has 0 amide bonds. The second-order valence-corrected chi connectivity index (χ2v) is 11.6. The molecule has 196 valence electrons. The summed E-state index contributed by atoms with van der Waals surface area (Å²) in [5.41, 5.74) is 2.62. The lowest BCUT2D eigenvalue weighted by Crippen LogP contribution is -2.58. The highest BCUT2D eigenvalue weighted by Crippen LogP contribution is 2.34. The largest absolute Gasteiger partial charge is 0.573 e. The quantitative estimate of drug-likeness (QED) is 0.484. The number of alkyl halides is 3. The number of aldehydes is 1. The molecule has 1 aliphatic heterocycles. The van der Waals surface area contributed by atoms with Gasteiger partial charge in [0.2, 0.25) is 10.0 Å². The fourth-order valence-corrected chi connectivity index (χ4v) is 7.62. The zero-order valence-electron chi connectivity index (χ0n) is 20.4. The minimum atomic E-state index is -4.71. The lowest BCUT2D eigenvalue weighted by molar-refractivity contribution is -0.274. The van der Waals surface area contributed by atoms with E-state index < -0.39 is 16.4 Å². The summed E-state index contributed by atoms with van der Waals surface area (Å²) in [6.07, 6.45) is -1.26. The second-order valence-electron chi connectivity index (χ2n) is 9.79. The number of benzene rings is 2. The smallest absolute Gasteiger partial charge is 0.406 e. The Bertz CT molecular complexity index is 1170. The van der Waals surface area contributed by atoms with E-state index in [1.54, 1.807) is 28.6 Å². The van der Waals surface area contributed by atoms with Crippen LogP contribution in [0.2, 0.25) is 0 Å². The molecule has 1 fully saturated rings. The van der Waals surface area contributed by atoms with E-state index in [1.807, 2.05) is 19.9 Å². The number of carbonyl (C=O) groups is 1. The van der Waals surface area contributed by atoms with E-state index in [9.17, 15) is 26.4 Å². The zero-order valence-corrected chi connectivity index (χ0v) is 21.2. The van der Waals surface area contributed by atoms with Crippen LogP contribution < -0.4 is 4.74 Å². The van der Waals surface area contributed by atoms with E-state index >= 15 is 0 Å². The second kappa shape index (κ2) is 10.5.